The molecule has 4 aromatic carbocycles. The monoisotopic (exact) mass is 537 g/mol. The van der Waals surface area contributed by atoms with Crippen molar-refractivity contribution in [3.8, 4) is 16.8 Å². The number of nitrogens with zero attached hydrogens (tertiary/aromatic N) is 3. The van der Waals surface area contributed by atoms with E-state index in [1.807, 2.05) is 30.5 Å². The summed E-state index contributed by atoms with van der Waals surface area (Å²) in [5.74, 6) is 0.212. The number of nitrogens with two attached hydrogens (primary N) is 1. The van der Waals surface area contributed by atoms with Crippen LogP contribution in [0.2, 0.25) is 0 Å². The molecule has 5 heterocycles. The third-order valence-electron chi connectivity index (χ3n) is 9.12. The zero-order valence-corrected chi connectivity index (χ0v) is 22.8. The van der Waals surface area contributed by atoms with Gasteiger partial charge in [0.15, 0.2) is 0 Å². The summed E-state index contributed by atoms with van der Waals surface area (Å²) in [6.07, 6.45) is 4.37. The second kappa shape index (κ2) is 9.46. The van der Waals surface area contributed by atoms with E-state index in [1.54, 1.807) is 0 Å². The highest BCUT2D eigenvalue weighted by Crippen LogP contribution is 2.40. The van der Waals surface area contributed by atoms with Gasteiger partial charge >= 0.3 is 0 Å². The summed E-state index contributed by atoms with van der Waals surface area (Å²) in [7, 11) is 0. The van der Waals surface area contributed by atoms with Crippen LogP contribution in [0.1, 0.15) is 23.2 Å². The van der Waals surface area contributed by atoms with Crippen LogP contribution in [0, 0.1) is 5.92 Å². The van der Waals surface area contributed by atoms with Crippen LogP contribution in [-0.4, -0.2) is 46.0 Å². The van der Waals surface area contributed by atoms with Crippen LogP contribution < -0.4 is 11.1 Å². The topological polar surface area (TPSA) is 76.2 Å². The number of pyridine rings is 1. The predicted molar refractivity (Wildman–Crippen MR) is 167 cm³/mol. The summed E-state index contributed by atoms with van der Waals surface area (Å²) in [6, 6.07) is 31.8. The molecule has 2 bridgehead atoms. The molecule has 3 saturated heterocycles. The largest absolute Gasteiger partial charge is 0.380 e. The molecule has 3 fully saturated rings. The van der Waals surface area contributed by atoms with E-state index in [1.165, 1.54) is 36.7 Å². The van der Waals surface area contributed by atoms with Crippen molar-refractivity contribution in [2.24, 2.45) is 11.7 Å². The maximum Gasteiger partial charge on any atom is 0.250 e. The van der Waals surface area contributed by atoms with Gasteiger partial charge in [-0.15, -0.1) is 0 Å². The fraction of sp³-hybridized carbons (Fsp3) is 0.200. The van der Waals surface area contributed by atoms with Gasteiger partial charge < -0.3 is 20.5 Å². The molecule has 202 valence electrons. The third kappa shape index (κ3) is 3.98. The van der Waals surface area contributed by atoms with Crippen LogP contribution in [0.25, 0.3) is 49.5 Å². The lowest BCUT2D eigenvalue weighted by atomic mass is 9.84. The molecular weight excluding hydrogens is 506 g/mol. The lowest BCUT2D eigenvalue weighted by molar-refractivity contribution is 0.0969. The molecule has 1 atom stereocenters. The lowest BCUT2D eigenvalue weighted by Gasteiger charge is -2.45. The molecule has 9 rings (SSSR count). The Morgan fingerprint density at radius 3 is 2.51 bits per heavy atom. The summed E-state index contributed by atoms with van der Waals surface area (Å²) >= 11 is 0. The molecule has 0 saturated carbocycles. The first kappa shape index (κ1) is 24.1. The highest BCUT2D eigenvalue weighted by molar-refractivity contribution is 6.16. The van der Waals surface area contributed by atoms with Crippen molar-refractivity contribution in [2.45, 2.75) is 18.9 Å². The Hall–Kier alpha value is -4.68. The molecular formula is C35H31N5O. The zero-order chi connectivity index (χ0) is 27.5. The van der Waals surface area contributed by atoms with Crippen molar-refractivity contribution < 1.29 is 4.79 Å². The van der Waals surface area contributed by atoms with E-state index in [0.29, 0.717) is 17.5 Å². The van der Waals surface area contributed by atoms with Gasteiger partial charge in [-0.3, -0.25) is 9.78 Å². The van der Waals surface area contributed by atoms with Gasteiger partial charge in [-0.2, -0.15) is 0 Å². The van der Waals surface area contributed by atoms with E-state index in [0.717, 1.165) is 51.0 Å². The third-order valence-corrected chi connectivity index (χ3v) is 9.12. The minimum Gasteiger partial charge on any atom is -0.380 e. The van der Waals surface area contributed by atoms with Crippen LogP contribution in [0.4, 0.5) is 5.69 Å². The summed E-state index contributed by atoms with van der Waals surface area (Å²) in [4.78, 5) is 19.8. The fourth-order valence-electron chi connectivity index (χ4n) is 7.09. The number of para-hydroxylation sites is 2. The average Bonchev–Trinajstić information content (AvgIpc) is 3.36. The number of carbonyl (C=O) groups excluding carboxylic acids is 1. The summed E-state index contributed by atoms with van der Waals surface area (Å²) in [6.45, 7) is 3.34. The minimum atomic E-state index is -0.409. The first-order valence-electron chi connectivity index (χ1n) is 14.4. The summed E-state index contributed by atoms with van der Waals surface area (Å²) < 4.78 is 2.30. The van der Waals surface area contributed by atoms with Gasteiger partial charge in [0.25, 0.3) is 5.91 Å². The Morgan fingerprint density at radius 2 is 1.68 bits per heavy atom. The van der Waals surface area contributed by atoms with Crippen molar-refractivity contribution in [3.63, 3.8) is 0 Å². The molecule has 6 heteroatoms. The van der Waals surface area contributed by atoms with E-state index < -0.39 is 5.91 Å². The second-order valence-electron chi connectivity index (χ2n) is 11.5. The molecule has 0 aliphatic carbocycles. The molecule has 3 N–H and O–H groups in total. The van der Waals surface area contributed by atoms with Gasteiger partial charge in [-0.25, -0.2) is 0 Å². The number of primary amides is 1. The van der Waals surface area contributed by atoms with E-state index in [4.69, 9.17) is 10.7 Å². The van der Waals surface area contributed by atoms with Crippen LogP contribution in [-0.2, 0) is 0 Å². The Kier molecular flexibility index (Phi) is 5.57. The Balaban J connectivity index is 1.31. The van der Waals surface area contributed by atoms with Crippen LogP contribution in [0.5, 0.6) is 0 Å². The first-order chi connectivity index (χ1) is 20.1. The first-order valence-corrected chi connectivity index (χ1v) is 14.4. The second-order valence-corrected chi connectivity index (χ2v) is 11.5. The molecule has 1 amide bonds. The average molecular weight is 538 g/mol. The van der Waals surface area contributed by atoms with Crippen molar-refractivity contribution in [2.75, 3.05) is 25.0 Å². The molecule has 0 spiro atoms. The number of hydrogen-bond donors (Lipinski definition) is 2. The number of amides is 1. The van der Waals surface area contributed by atoms with Crippen molar-refractivity contribution in [1.82, 2.24) is 14.5 Å². The maximum atomic E-state index is 12.5. The molecule has 6 nitrogen and oxygen atoms in total. The van der Waals surface area contributed by atoms with E-state index in [2.05, 4.69) is 81.5 Å². The highest BCUT2D eigenvalue weighted by atomic mass is 16.1. The normalized spacial score (nSPS) is 20.1. The maximum absolute atomic E-state index is 12.5. The number of rotatable bonds is 5. The van der Waals surface area contributed by atoms with Gasteiger partial charge in [-0.1, -0.05) is 48.5 Å². The van der Waals surface area contributed by atoms with Crippen molar-refractivity contribution in [1.29, 1.82) is 0 Å². The Morgan fingerprint density at radius 1 is 0.878 bits per heavy atom. The number of hydrogen-bond acceptors (Lipinski definition) is 4. The number of piperidine rings is 3. The molecule has 3 aliphatic heterocycles. The number of nitrogens with one attached hydrogen (secondary N) is 1. The summed E-state index contributed by atoms with van der Waals surface area (Å²) in [5, 5.41) is 7.24. The van der Waals surface area contributed by atoms with Crippen LogP contribution in [0.3, 0.4) is 0 Å². The van der Waals surface area contributed by atoms with E-state index in [9.17, 15) is 4.79 Å². The SMILES string of the molecule is NC(=O)c1ccc(-n2c3ccccc3c3c(-c4cnc5ccccc5c4)cccc32)cc1NC1CN2CCC1CC2. The van der Waals surface area contributed by atoms with Crippen LogP contribution in [0.15, 0.2) is 97.2 Å². The van der Waals surface area contributed by atoms with Crippen molar-refractivity contribution >= 4 is 44.3 Å². The highest BCUT2D eigenvalue weighted by Gasteiger charge is 2.34. The summed E-state index contributed by atoms with van der Waals surface area (Å²) in [5.41, 5.74) is 13.7. The molecule has 3 aliphatic rings. The molecule has 41 heavy (non-hydrogen) atoms. The van der Waals surface area contributed by atoms with Crippen molar-refractivity contribution in [3.05, 3.63) is 103 Å². The number of carbonyl (C=O) groups is 1. The van der Waals surface area contributed by atoms with E-state index >= 15 is 0 Å². The quantitative estimate of drug-likeness (QED) is 0.260. The zero-order valence-electron chi connectivity index (χ0n) is 22.8. The molecule has 1 unspecified atom stereocenters. The molecule has 2 aromatic heterocycles. The number of aromatic nitrogens is 2. The number of fused-ring (bicyclic) bond motifs is 7. The number of benzene rings is 4. The Labute approximate surface area is 238 Å². The minimum absolute atomic E-state index is 0.316. The van der Waals surface area contributed by atoms with Gasteiger partial charge in [0.2, 0.25) is 0 Å². The predicted octanol–water partition coefficient (Wildman–Crippen LogP) is 6.60. The van der Waals surface area contributed by atoms with Gasteiger partial charge in [-0.05, 0) is 79.9 Å². The van der Waals surface area contributed by atoms with E-state index in [-0.39, 0.29) is 0 Å². The standard InChI is InChI=1S/C35H31N5O/c36-35(41)27-13-12-25(19-30(27)38-31-21-39-16-14-22(31)15-17-39)40-32-10-4-2-7-28(32)34-26(8-5-11-33(34)40)24-18-23-6-1-3-9-29(23)37-20-24/h1-13,18-20,22,31,38H,14-17,21H2,(H2,36,41). The van der Waals surface area contributed by atoms with Gasteiger partial charge in [0.05, 0.1) is 22.1 Å². The fourth-order valence-corrected chi connectivity index (χ4v) is 7.09. The van der Waals surface area contributed by atoms with Gasteiger partial charge in [0, 0.05) is 51.9 Å². The Bertz CT molecular complexity index is 1970. The number of anilines is 1. The molecule has 0 radical (unpaired) electrons. The smallest absolute Gasteiger partial charge is 0.250 e. The van der Waals surface area contributed by atoms with Crippen LogP contribution >= 0.6 is 0 Å². The molecule has 6 aromatic rings. The lowest BCUT2D eigenvalue weighted by Crippen LogP contribution is -2.53. The van der Waals surface area contributed by atoms with Gasteiger partial charge in [0.1, 0.15) is 0 Å².